The van der Waals surface area contributed by atoms with Gasteiger partial charge in [0.15, 0.2) is 5.17 Å². The zero-order valence-corrected chi connectivity index (χ0v) is 20.3. The number of rotatable bonds is 7. The fourth-order valence-corrected chi connectivity index (χ4v) is 4.68. The largest absolute Gasteiger partial charge is 0.488 e. The highest BCUT2D eigenvalue weighted by molar-refractivity contribution is 8.18. The number of nitrogens with zero attached hydrogens (tertiary/aromatic N) is 1. The molecule has 4 aromatic rings. The Kier molecular flexibility index (Phi) is 7.00. The monoisotopic (exact) mass is 512 g/mol. The number of hydrogen-bond acceptors (Lipinski definition) is 5. The summed E-state index contributed by atoms with van der Waals surface area (Å²) in [6.45, 7) is 0.0467. The molecule has 5 rings (SSSR count). The van der Waals surface area contributed by atoms with Crippen LogP contribution < -0.4 is 10.1 Å². The maximum Gasteiger partial charge on any atom is 0.307 e. The zero-order chi connectivity index (χ0) is 25.8. The number of carboxylic acids is 1. The van der Waals surface area contributed by atoms with Crippen LogP contribution >= 0.6 is 11.8 Å². The van der Waals surface area contributed by atoms with Crippen LogP contribution in [0.4, 0.5) is 10.1 Å². The number of carboxylic acid groups (broad SMARTS) is 1. The Labute approximate surface area is 216 Å². The molecule has 0 spiro atoms. The minimum Gasteiger partial charge on any atom is -0.488 e. The van der Waals surface area contributed by atoms with Crippen molar-refractivity contribution in [1.29, 1.82) is 0 Å². The maximum atomic E-state index is 14.1. The molecule has 0 bridgehead atoms. The highest BCUT2D eigenvalue weighted by Gasteiger charge is 2.24. The van der Waals surface area contributed by atoms with Gasteiger partial charge in [-0.3, -0.25) is 9.59 Å². The first-order chi connectivity index (χ1) is 17.9. The standard InChI is InChI=1S/C29H21FN2O4S/c30-24-8-4-3-7-21(24)17-36-25-15-20-6-2-1-5-19(20)14-22(25)16-26-28(35)32-29(37-26)31-23-11-9-18(10-12-23)13-27(33)34/h1-12,14-16H,13,17H2,(H,33,34)(H,31,32,35). The summed E-state index contributed by atoms with van der Waals surface area (Å²) >= 11 is 1.20. The third-order valence-corrected chi connectivity index (χ3v) is 6.59. The van der Waals surface area contributed by atoms with Crippen molar-refractivity contribution in [1.82, 2.24) is 5.32 Å². The van der Waals surface area contributed by atoms with Crippen molar-refractivity contribution in [2.45, 2.75) is 13.0 Å². The minimum absolute atomic E-state index is 0.0467. The molecule has 0 atom stereocenters. The molecule has 8 heteroatoms. The number of hydrogen-bond donors (Lipinski definition) is 2. The summed E-state index contributed by atoms with van der Waals surface area (Å²) in [4.78, 5) is 28.5. The van der Waals surface area contributed by atoms with Gasteiger partial charge in [-0.15, -0.1) is 0 Å². The average molecular weight is 513 g/mol. The third kappa shape index (κ3) is 5.87. The molecule has 1 aliphatic rings. The first kappa shape index (κ1) is 24.3. The molecule has 4 aromatic carbocycles. The van der Waals surface area contributed by atoms with E-state index < -0.39 is 5.97 Å². The van der Waals surface area contributed by atoms with Gasteiger partial charge in [0.1, 0.15) is 18.2 Å². The Morgan fingerprint density at radius 2 is 1.70 bits per heavy atom. The molecular formula is C29H21FN2O4S. The van der Waals surface area contributed by atoms with Crippen LogP contribution in [0.1, 0.15) is 16.7 Å². The van der Waals surface area contributed by atoms with Gasteiger partial charge in [0, 0.05) is 11.1 Å². The van der Waals surface area contributed by atoms with Gasteiger partial charge in [0.05, 0.1) is 17.0 Å². The molecule has 2 N–H and O–H groups in total. The fourth-order valence-electron chi connectivity index (χ4n) is 3.85. The summed E-state index contributed by atoms with van der Waals surface area (Å²) in [5, 5.41) is 14.0. The van der Waals surface area contributed by atoms with E-state index in [1.54, 1.807) is 48.5 Å². The number of aliphatic imine (C=N–C) groups is 1. The first-order valence-corrected chi connectivity index (χ1v) is 12.3. The van der Waals surface area contributed by atoms with E-state index in [4.69, 9.17) is 9.84 Å². The van der Waals surface area contributed by atoms with Crippen molar-refractivity contribution in [3.05, 3.63) is 112 Å². The molecule has 1 heterocycles. The fraction of sp³-hybridized carbons (Fsp3) is 0.0690. The lowest BCUT2D eigenvalue weighted by Crippen LogP contribution is -2.19. The second-order valence-electron chi connectivity index (χ2n) is 8.34. The Balaban J connectivity index is 1.41. The predicted octanol–water partition coefficient (Wildman–Crippen LogP) is 6.08. The van der Waals surface area contributed by atoms with Crippen molar-refractivity contribution in [2.75, 3.05) is 0 Å². The number of fused-ring (bicyclic) bond motifs is 1. The summed E-state index contributed by atoms with van der Waals surface area (Å²) in [7, 11) is 0. The molecule has 1 aliphatic heterocycles. The van der Waals surface area contributed by atoms with Crippen LogP contribution in [0.5, 0.6) is 5.75 Å². The summed E-state index contributed by atoms with van der Waals surface area (Å²) in [5.74, 6) is -1.01. The van der Waals surface area contributed by atoms with E-state index in [0.717, 1.165) is 10.8 Å². The molecule has 0 saturated carbocycles. The highest BCUT2D eigenvalue weighted by atomic mass is 32.2. The van der Waals surface area contributed by atoms with Gasteiger partial charge in [-0.05, 0) is 64.5 Å². The normalized spacial score (nSPS) is 15.3. The number of nitrogens with one attached hydrogen (secondary N) is 1. The number of amides is 1. The average Bonchev–Trinajstić information content (AvgIpc) is 3.22. The molecule has 0 aliphatic carbocycles. The summed E-state index contributed by atoms with van der Waals surface area (Å²) < 4.78 is 20.2. The summed E-state index contributed by atoms with van der Waals surface area (Å²) in [6, 6.07) is 24.9. The van der Waals surface area contributed by atoms with E-state index in [0.29, 0.717) is 38.2 Å². The van der Waals surface area contributed by atoms with Gasteiger partial charge in [0.25, 0.3) is 5.91 Å². The zero-order valence-electron chi connectivity index (χ0n) is 19.5. The summed E-state index contributed by atoms with van der Waals surface area (Å²) in [5.41, 5.74) is 2.38. The van der Waals surface area contributed by atoms with E-state index in [1.807, 2.05) is 36.4 Å². The van der Waals surface area contributed by atoms with Crippen molar-refractivity contribution in [3.63, 3.8) is 0 Å². The second kappa shape index (κ2) is 10.7. The topological polar surface area (TPSA) is 88.0 Å². The Morgan fingerprint density at radius 3 is 2.43 bits per heavy atom. The van der Waals surface area contributed by atoms with Crippen molar-refractivity contribution in [2.24, 2.45) is 4.99 Å². The number of aliphatic carboxylic acids is 1. The van der Waals surface area contributed by atoms with Gasteiger partial charge < -0.3 is 15.2 Å². The Morgan fingerprint density at radius 1 is 1.00 bits per heavy atom. The number of halogens is 1. The number of ether oxygens (including phenoxy) is 1. The smallest absolute Gasteiger partial charge is 0.307 e. The van der Waals surface area contributed by atoms with E-state index in [2.05, 4.69) is 10.3 Å². The number of amidine groups is 1. The molecule has 0 aromatic heterocycles. The van der Waals surface area contributed by atoms with Crippen LogP contribution in [0.3, 0.4) is 0 Å². The molecular weight excluding hydrogens is 491 g/mol. The minimum atomic E-state index is -0.904. The van der Waals surface area contributed by atoms with Crippen LogP contribution in [-0.2, 0) is 22.6 Å². The lowest BCUT2D eigenvalue weighted by molar-refractivity contribution is -0.136. The van der Waals surface area contributed by atoms with Crippen LogP contribution in [0.15, 0.2) is 94.8 Å². The van der Waals surface area contributed by atoms with Crippen molar-refractivity contribution < 1.29 is 23.8 Å². The van der Waals surface area contributed by atoms with Gasteiger partial charge in [-0.2, -0.15) is 0 Å². The van der Waals surface area contributed by atoms with Crippen LogP contribution in [-0.4, -0.2) is 22.2 Å². The maximum absolute atomic E-state index is 14.1. The number of carbonyl (C=O) groups is 2. The SMILES string of the molecule is O=C(O)Cc1ccc(N=C2NC(=O)C(=Cc3cc4ccccc4cc3OCc3ccccc3F)S2)cc1. The lowest BCUT2D eigenvalue weighted by Gasteiger charge is -2.12. The van der Waals surface area contributed by atoms with E-state index in [-0.39, 0.29) is 24.8 Å². The highest BCUT2D eigenvalue weighted by Crippen LogP contribution is 2.33. The molecule has 1 amide bonds. The van der Waals surface area contributed by atoms with E-state index >= 15 is 0 Å². The van der Waals surface area contributed by atoms with E-state index in [9.17, 15) is 14.0 Å². The Bertz CT molecular complexity index is 1560. The second-order valence-corrected chi connectivity index (χ2v) is 9.37. The number of thioether (sulfide) groups is 1. The number of carbonyl (C=O) groups excluding carboxylic acids is 1. The van der Waals surface area contributed by atoms with Gasteiger partial charge in [0.2, 0.25) is 0 Å². The van der Waals surface area contributed by atoms with Crippen molar-refractivity contribution in [3.8, 4) is 5.75 Å². The van der Waals surface area contributed by atoms with E-state index in [1.165, 1.54) is 17.8 Å². The van der Waals surface area contributed by atoms with Crippen LogP contribution in [0.2, 0.25) is 0 Å². The van der Waals surface area contributed by atoms with Gasteiger partial charge in [-0.1, -0.05) is 54.6 Å². The molecule has 1 fully saturated rings. The number of benzene rings is 4. The molecule has 184 valence electrons. The van der Waals surface area contributed by atoms with Gasteiger partial charge in [-0.25, -0.2) is 9.38 Å². The van der Waals surface area contributed by atoms with Crippen molar-refractivity contribution >= 4 is 51.3 Å². The third-order valence-electron chi connectivity index (χ3n) is 5.68. The van der Waals surface area contributed by atoms with Crippen LogP contribution in [0.25, 0.3) is 16.8 Å². The molecule has 1 saturated heterocycles. The first-order valence-electron chi connectivity index (χ1n) is 11.4. The molecule has 6 nitrogen and oxygen atoms in total. The van der Waals surface area contributed by atoms with Gasteiger partial charge >= 0.3 is 5.97 Å². The summed E-state index contributed by atoms with van der Waals surface area (Å²) in [6.07, 6.45) is 1.67. The quantitative estimate of drug-likeness (QED) is 0.293. The lowest BCUT2D eigenvalue weighted by atomic mass is 10.1. The molecule has 0 radical (unpaired) electrons. The molecule has 37 heavy (non-hydrogen) atoms. The van der Waals surface area contributed by atoms with Crippen LogP contribution in [0, 0.1) is 5.82 Å². The molecule has 0 unspecified atom stereocenters. The Hall–Kier alpha value is -4.43. The predicted molar refractivity (Wildman–Crippen MR) is 143 cm³/mol.